The maximum atomic E-state index is 12.8. The van der Waals surface area contributed by atoms with Gasteiger partial charge in [-0.1, -0.05) is 17.7 Å². The fraction of sp³-hybridized carbons (Fsp3) is 0.579. The van der Waals surface area contributed by atoms with Crippen molar-refractivity contribution in [2.75, 3.05) is 46.0 Å². The van der Waals surface area contributed by atoms with Crippen molar-refractivity contribution < 1.29 is 18.0 Å². The van der Waals surface area contributed by atoms with Crippen LogP contribution in [0.15, 0.2) is 24.3 Å². The van der Waals surface area contributed by atoms with E-state index in [0.29, 0.717) is 30.1 Å². The summed E-state index contributed by atoms with van der Waals surface area (Å²) in [5, 5.41) is 2.68. The molecule has 2 aliphatic rings. The van der Waals surface area contributed by atoms with E-state index in [2.05, 4.69) is 5.32 Å². The van der Waals surface area contributed by atoms with Gasteiger partial charge in [-0.2, -0.15) is 0 Å². The number of carbonyl (C=O) groups is 2. The molecule has 0 saturated carbocycles. The summed E-state index contributed by atoms with van der Waals surface area (Å²) in [6, 6.07) is 6.61. The van der Waals surface area contributed by atoms with Crippen molar-refractivity contribution in [2.24, 2.45) is 11.8 Å². The van der Waals surface area contributed by atoms with Crippen LogP contribution in [0, 0.1) is 11.8 Å². The molecular weight excluding hydrogens is 402 g/mol. The standard InChI is InChI=1S/C19H26ClN3O4S/c1-22(2)8-7-21-18(24)15-6-9-28(26,27)17-12-23(11-16(15)17)19(25)13-4-3-5-14(20)10-13/h3-5,10,15-17H,6-9,11-12H2,1-2H3,(H,21,24)/t15?,16-,17-/m1/s1. The van der Waals surface area contributed by atoms with Gasteiger partial charge in [-0.15, -0.1) is 0 Å². The highest BCUT2D eigenvalue weighted by molar-refractivity contribution is 7.92. The normalized spacial score (nSPS) is 26.1. The molecule has 2 fully saturated rings. The van der Waals surface area contributed by atoms with Gasteiger partial charge in [-0.05, 0) is 38.7 Å². The number of likely N-dealkylation sites (tertiary alicyclic amines) is 1. The van der Waals surface area contributed by atoms with E-state index in [9.17, 15) is 18.0 Å². The van der Waals surface area contributed by atoms with Gasteiger partial charge in [0.25, 0.3) is 5.91 Å². The Hall–Kier alpha value is -1.64. The molecule has 1 unspecified atom stereocenters. The molecule has 1 N–H and O–H groups in total. The van der Waals surface area contributed by atoms with Crippen LogP contribution in [-0.2, 0) is 14.6 Å². The average molecular weight is 428 g/mol. The van der Waals surface area contributed by atoms with Crippen LogP contribution in [0.5, 0.6) is 0 Å². The van der Waals surface area contributed by atoms with Crippen molar-refractivity contribution in [1.82, 2.24) is 15.1 Å². The van der Waals surface area contributed by atoms with Gasteiger partial charge in [0.2, 0.25) is 5.91 Å². The Morgan fingerprint density at radius 2 is 2.04 bits per heavy atom. The summed E-state index contributed by atoms with van der Waals surface area (Å²) in [7, 11) is 0.519. The number of benzene rings is 1. The number of likely N-dealkylation sites (N-methyl/N-ethyl adjacent to an activating group) is 1. The number of carbonyl (C=O) groups excluding carboxylic acids is 2. The van der Waals surface area contributed by atoms with E-state index in [0.717, 1.165) is 0 Å². The molecule has 2 amide bonds. The van der Waals surface area contributed by atoms with Gasteiger partial charge in [-0.3, -0.25) is 9.59 Å². The van der Waals surface area contributed by atoms with Crippen LogP contribution in [0.25, 0.3) is 0 Å². The Kier molecular flexibility index (Phi) is 6.31. The number of fused-ring (bicyclic) bond motifs is 1. The van der Waals surface area contributed by atoms with Crippen LogP contribution in [0.3, 0.4) is 0 Å². The first-order chi connectivity index (χ1) is 13.2. The van der Waals surface area contributed by atoms with E-state index < -0.39 is 21.0 Å². The highest BCUT2D eigenvalue weighted by atomic mass is 35.5. The number of sulfone groups is 1. The number of amides is 2. The molecule has 9 heteroatoms. The predicted octanol–water partition coefficient (Wildman–Crippen LogP) is 0.893. The topological polar surface area (TPSA) is 86.8 Å². The van der Waals surface area contributed by atoms with Crippen molar-refractivity contribution in [3.8, 4) is 0 Å². The van der Waals surface area contributed by atoms with Gasteiger partial charge in [0.15, 0.2) is 9.84 Å². The smallest absolute Gasteiger partial charge is 0.253 e. The molecular formula is C19H26ClN3O4S. The summed E-state index contributed by atoms with van der Waals surface area (Å²) in [6.45, 7) is 1.61. The zero-order chi connectivity index (χ0) is 20.5. The number of halogens is 1. The maximum absolute atomic E-state index is 12.8. The average Bonchev–Trinajstić information content (AvgIpc) is 3.07. The first kappa shape index (κ1) is 21.1. The summed E-state index contributed by atoms with van der Waals surface area (Å²) in [4.78, 5) is 29.0. The zero-order valence-corrected chi connectivity index (χ0v) is 17.7. The third-order valence-electron chi connectivity index (χ3n) is 5.55. The molecule has 0 bridgehead atoms. The van der Waals surface area contributed by atoms with Crippen LogP contribution < -0.4 is 5.32 Å². The highest BCUT2D eigenvalue weighted by Crippen LogP contribution is 2.37. The van der Waals surface area contributed by atoms with E-state index in [-0.39, 0.29) is 36.6 Å². The summed E-state index contributed by atoms with van der Waals surface area (Å²) >= 11 is 5.98. The molecule has 0 aromatic heterocycles. The van der Waals surface area contributed by atoms with Crippen molar-refractivity contribution in [3.63, 3.8) is 0 Å². The van der Waals surface area contributed by atoms with Gasteiger partial charge in [-0.25, -0.2) is 8.42 Å². The molecule has 2 saturated heterocycles. The highest BCUT2D eigenvalue weighted by Gasteiger charge is 2.51. The number of hydrogen-bond acceptors (Lipinski definition) is 5. The Morgan fingerprint density at radius 3 is 2.71 bits per heavy atom. The van der Waals surface area contributed by atoms with Gasteiger partial charge >= 0.3 is 0 Å². The second kappa shape index (κ2) is 8.39. The minimum absolute atomic E-state index is 0.0148. The number of rotatable bonds is 5. The van der Waals surface area contributed by atoms with Gasteiger partial charge in [0.1, 0.15) is 0 Å². The van der Waals surface area contributed by atoms with Crippen molar-refractivity contribution in [2.45, 2.75) is 11.7 Å². The monoisotopic (exact) mass is 427 g/mol. The number of hydrogen-bond donors (Lipinski definition) is 1. The van der Waals surface area contributed by atoms with Crippen molar-refractivity contribution >= 4 is 33.3 Å². The van der Waals surface area contributed by atoms with E-state index in [1.165, 1.54) is 0 Å². The molecule has 154 valence electrons. The lowest BCUT2D eigenvalue weighted by Crippen LogP contribution is -2.47. The van der Waals surface area contributed by atoms with Crippen molar-refractivity contribution in [1.29, 1.82) is 0 Å². The predicted molar refractivity (Wildman–Crippen MR) is 108 cm³/mol. The fourth-order valence-electron chi connectivity index (χ4n) is 4.05. The van der Waals surface area contributed by atoms with Crippen LogP contribution in [0.4, 0.5) is 0 Å². The third-order valence-corrected chi connectivity index (χ3v) is 8.02. The second-order valence-corrected chi connectivity index (χ2v) is 10.6. The van der Waals surface area contributed by atoms with Crippen LogP contribution in [0.1, 0.15) is 16.8 Å². The SMILES string of the molecule is CN(C)CCNC(=O)C1CCS(=O)(=O)[C@@H]2CN(C(=O)c3cccc(Cl)c3)C[C@H]12. The van der Waals surface area contributed by atoms with Gasteiger partial charge < -0.3 is 15.1 Å². The van der Waals surface area contributed by atoms with E-state index >= 15 is 0 Å². The molecule has 2 aliphatic heterocycles. The molecule has 1 aromatic rings. The van der Waals surface area contributed by atoms with E-state index in [1.54, 1.807) is 29.2 Å². The molecule has 28 heavy (non-hydrogen) atoms. The van der Waals surface area contributed by atoms with Gasteiger partial charge in [0.05, 0.1) is 11.0 Å². The molecule has 3 atom stereocenters. The third kappa shape index (κ3) is 4.50. The molecule has 1 aromatic carbocycles. The minimum atomic E-state index is -3.33. The largest absolute Gasteiger partial charge is 0.355 e. The maximum Gasteiger partial charge on any atom is 0.253 e. The zero-order valence-electron chi connectivity index (χ0n) is 16.1. The lowest BCUT2D eigenvalue weighted by atomic mass is 9.87. The molecule has 3 rings (SSSR count). The number of nitrogens with one attached hydrogen (secondary N) is 1. The minimum Gasteiger partial charge on any atom is -0.355 e. The first-order valence-corrected chi connectivity index (χ1v) is 11.5. The fourth-order valence-corrected chi connectivity index (χ4v) is 6.34. The molecule has 0 spiro atoms. The Bertz CT molecular complexity index is 858. The Balaban J connectivity index is 1.75. The Morgan fingerprint density at radius 1 is 1.29 bits per heavy atom. The molecule has 7 nitrogen and oxygen atoms in total. The van der Waals surface area contributed by atoms with Crippen molar-refractivity contribution in [3.05, 3.63) is 34.9 Å². The lowest BCUT2D eigenvalue weighted by Gasteiger charge is -2.31. The molecule has 0 radical (unpaired) electrons. The van der Waals surface area contributed by atoms with E-state index in [1.807, 2.05) is 19.0 Å². The first-order valence-electron chi connectivity index (χ1n) is 9.38. The Labute approximate surface area is 170 Å². The molecule has 0 aliphatic carbocycles. The van der Waals surface area contributed by atoms with Crippen LogP contribution >= 0.6 is 11.6 Å². The second-order valence-electron chi connectivity index (χ2n) is 7.78. The molecule has 2 heterocycles. The summed E-state index contributed by atoms with van der Waals surface area (Å²) in [5.74, 6) is -1.16. The summed E-state index contributed by atoms with van der Waals surface area (Å²) in [6.07, 6.45) is 0.302. The lowest BCUT2D eigenvalue weighted by molar-refractivity contribution is -0.126. The van der Waals surface area contributed by atoms with E-state index in [4.69, 9.17) is 11.6 Å². The summed E-state index contributed by atoms with van der Waals surface area (Å²) < 4.78 is 25.2. The number of nitrogens with zero attached hydrogens (tertiary/aromatic N) is 2. The van der Waals surface area contributed by atoms with Crippen LogP contribution in [0.2, 0.25) is 5.02 Å². The summed E-state index contributed by atoms with van der Waals surface area (Å²) in [5.41, 5.74) is 0.426. The quantitative estimate of drug-likeness (QED) is 0.754. The van der Waals surface area contributed by atoms with Gasteiger partial charge in [0, 0.05) is 48.6 Å². The van der Waals surface area contributed by atoms with Crippen LogP contribution in [-0.4, -0.2) is 81.3 Å².